The topological polar surface area (TPSA) is 80.5 Å². The Labute approximate surface area is 136 Å². The molecule has 0 aromatic heterocycles. The second-order valence-corrected chi connectivity index (χ2v) is 7.99. The van der Waals surface area contributed by atoms with Gasteiger partial charge in [0.05, 0.1) is 9.82 Å². The quantitative estimate of drug-likeness (QED) is 0.569. The Morgan fingerprint density at radius 3 is 2.74 bits per heavy atom. The van der Waals surface area contributed by atoms with Gasteiger partial charge >= 0.3 is 5.76 Å². The van der Waals surface area contributed by atoms with Crippen LogP contribution >= 0.6 is 11.8 Å². The van der Waals surface area contributed by atoms with Gasteiger partial charge in [0, 0.05) is 24.4 Å². The maximum Gasteiger partial charge on any atom is 0.341 e. The lowest BCUT2D eigenvalue weighted by atomic mass is 10.2. The zero-order chi connectivity index (χ0) is 17.2. The summed E-state index contributed by atoms with van der Waals surface area (Å²) in [4.78, 5) is 11.7. The van der Waals surface area contributed by atoms with E-state index in [4.69, 9.17) is 0 Å². The van der Waals surface area contributed by atoms with Gasteiger partial charge in [0.1, 0.15) is 5.69 Å². The molecule has 0 spiro atoms. The molecule has 1 saturated heterocycles. The number of benzene rings is 1. The number of nitro benzene ring substituents is 1. The van der Waals surface area contributed by atoms with E-state index in [0.29, 0.717) is 6.54 Å². The average molecular weight is 366 g/mol. The number of rotatable bonds is 6. The molecule has 0 bridgehead atoms. The van der Waals surface area contributed by atoms with Gasteiger partial charge in [0.2, 0.25) is 9.84 Å². The van der Waals surface area contributed by atoms with Gasteiger partial charge in [0.25, 0.3) is 5.69 Å². The Balaban J connectivity index is 2.48. The van der Waals surface area contributed by atoms with Gasteiger partial charge in [-0.15, -0.1) is 0 Å². The molecule has 10 heteroatoms. The van der Waals surface area contributed by atoms with E-state index >= 15 is 0 Å². The summed E-state index contributed by atoms with van der Waals surface area (Å²) in [5.41, 5.74) is -0.181. The number of hydrogen-bond acceptors (Lipinski definition) is 6. The van der Waals surface area contributed by atoms with Crippen LogP contribution in [0.4, 0.5) is 20.2 Å². The Hall–Kier alpha value is -1.42. The summed E-state index contributed by atoms with van der Waals surface area (Å²) in [6, 6.07) is 3.11. The Kier molecular flexibility index (Phi) is 5.45. The molecule has 6 nitrogen and oxygen atoms in total. The number of alkyl halides is 2. The van der Waals surface area contributed by atoms with Crippen molar-refractivity contribution in [3.63, 3.8) is 0 Å². The van der Waals surface area contributed by atoms with Crippen LogP contribution in [0.3, 0.4) is 0 Å². The van der Waals surface area contributed by atoms with Crippen LogP contribution in [0.5, 0.6) is 0 Å². The summed E-state index contributed by atoms with van der Waals surface area (Å²) < 4.78 is 48.3. The smallest absolute Gasteiger partial charge is 0.341 e. The third kappa shape index (κ3) is 3.57. The lowest BCUT2D eigenvalue weighted by molar-refractivity contribution is -0.384. The minimum atomic E-state index is -4.86. The van der Waals surface area contributed by atoms with Gasteiger partial charge in [0.15, 0.2) is 0 Å². The Bertz CT molecular complexity index is 697. The predicted octanol–water partition coefficient (Wildman–Crippen LogP) is 2.92. The fourth-order valence-corrected chi connectivity index (χ4v) is 4.16. The molecule has 0 amide bonds. The Morgan fingerprint density at radius 2 is 2.17 bits per heavy atom. The zero-order valence-electron chi connectivity index (χ0n) is 12.3. The molecule has 1 aliphatic heterocycles. The highest BCUT2D eigenvalue weighted by molar-refractivity contribution is 7.98. The summed E-state index contributed by atoms with van der Waals surface area (Å²) in [5.74, 6) is -2.82. The van der Waals surface area contributed by atoms with E-state index in [1.54, 1.807) is 11.8 Å². The van der Waals surface area contributed by atoms with E-state index in [1.807, 2.05) is 11.2 Å². The van der Waals surface area contributed by atoms with Crippen LogP contribution < -0.4 is 4.90 Å². The van der Waals surface area contributed by atoms with E-state index in [2.05, 4.69) is 0 Å². The standard InChI is InChI=1S/C13H16F2N2O4S2/c1-22-8-9-3-2-6-16(9)11-5-4-10(7-12(11)17(18)19)23(20,21)13(14)15/h4-5,7,9,13H,2-3,6,8H2,1H3. The van der Waals surface area contributed by atoms with Crippen molar-refractivity contribution in [3.8, 4) is 0 Å². The van der Waals surface area contributed by atoms with Gasteiger partial charge in [-0.05, 0) is 31.2 Å². The van der Waals surface area contributed by atoms with Crippen LogP contribution in [0.1, 0.15) is 12.8 Å². The fraction of sp³-hybridized carbons (Fsp3) is 0.538. The molecule has 1 fully saturated rings. The molecule has 1 aliphatic rings. The molecule has 1 aromatic carbocycles. The van der Waals surface area contributed by atoms with Crippen LogP contribution in [-0.2, 0) is 9.84 Å². The normalized spacial score (nSPS) is 18.6. The average Bonchev–Trinajstić information content (AvgIpc) is 2.94. The highest BCUT2D eigenvalue weighted by Crippen LogP contribution is 2.36. The lowest BCUT2D eigenvalue weighted by Crippen LogP contribution is -2.31. The van der Waals surface area contributed by atoms with Crippen molar-refractivity contribution in [1.82, 2.24) is 0 Å². The maximum absolute atomic E-state index is 12.6. The number of nitrogens with zero attached hydrogens (tertiary/aromatic N) is 2. The minimum Gasteiger partial charge on any atom is -0.362 e. The molecular formula is C13H16F2N2O4S2. The molecule has 1 atom stereocenters. The maximum atomic E-state index is 12.6. The van der Waals surface area contributed by atoms with Gasteiger partial charge in [-0.2, -0.15) is 20.5 Å². The molecule has 0 saturated carbocycles. The highest BCUT2D eigenvalue weighted by Gasteiger charge is 2.33. The van der Waals surface area contributed by atoms with Crippen LogP contribution in [0.15, 0.2) is 23.1 Å². The monoisotopic (exact) mass is 366 g/mol. The molecule has 0 radical (unpaired) electrons. The van der Waals surface area contributed by atoms with Gasteiger partial charge in [-0.1, -0.05) is 0 Å². The van der Waals surface area contributed by atoms with E-state index in [0.717, 1.165) is 30.7 Å². The Morgan fingerprint density at radius 1 is 1.48 bits per heavy atom. The largest absolute Gasteiger partial charge is 0.362 e. The molecule has 0 N–H and O–H groups in total. The van der Waals surface area contributed by atoms with Crippen LogP contribution in [0, 0.1) is 10.1 Å². The number of nitro groups is 1. The van der Waals surface area contributed by atoms with Crippen molar-refractivity contribution in [3.05, 3.63) is 28.3 Å². The molecule has 0 aliphatic carbocycles. The first kappa shape index (κ1) is 17.9. The van der Waals surface area contributed by atoms with Crippen LogP contribution in [-0.4, -0.2) is 43.7 Å². The molecular weight excluding hydrogens is 350 g/mol. The van der Waals surface area contributed by atoms with E-state index < -0.39 is 31.1 Å². The van der Waals surface area contributed by atoms with E-state index in [1.165, 1.54) is 6.07 Å². The molecule has 1 unspecified atom stereocenters. The predicted molar refractivity (Wildman–Crippen MR) is 85.0 cm³/mol. The molecule has 1 aromatic rings. The van der Waals surface area contributed by atoms with Crippen LogP contribution in [0.25, 0.3) is 0 Å². The molecule has 1 heterocycles. The number of sulfone groups is 1. The SMILES string of the molecule is CSCC1CCCN1c1ccc(S(=O)(=O)C(F)F)cc1[N+](=O)[O-]. The van der Waals surface area contributed by atoms with Gasteiger partial charge in [-0.25, -0.2) is 8.42 Å². The summed E-state index contributed by atoms with van der Waals surface area (Å²) >= 11 is 1.62. The van der Waals surface area contributed by atoms with Gasteiger partial charge in [-0.3, -0.25) is 10.1 Å². The van der Waals surface area contributed by atoms with E-state index in [-0.39, 0.29) is 11.7 Å². The molecule has 2 rings (SSSR count). The van der Waals surface area contributed by atoms with Crippen molar-refractivity contribution >= 4 is 33.0 Å². The lowest BCUT2D eigenvalue weighted by Gasteiger charge is -2.26. The summed E-state index contributed by atoms with van der Waals surface area (Å²) in [6.07, 6.45) is 3.69. The first-order chi connectivity index (χ1) is 10.8. The highest BCUT2D eigenvalue weighted by atomic mass is 32.2. The minimum absolute atomic E-state index is 0.112. The number of thioether (sulfide) groups is 1. The van der Waals surface area contributed by atoms with Crippen LogP contribution in [0.2, 0.25) is 0 Å². The summed E-state index contributed by atoms with van der Waals surface area (Å²) in [7, 11) is -4.86. The van der Waals surface area contributed by atoms with E-state index in [9.17, 15) is 27.3 Å². The second kappa shape index (κ2) is 7.00. The zero-order valence-corrected chi connectivity index (χ0v) is 13.9. The number of anilines is 1. The van der Waals surface area contributed by atoms with Crippen molar-refractivity contribution < 1.29 is 22.1 Å². The third-order valence-corrected chi connectivity index (χ3v) is 5.85. The van der Waals surface area contributed by atoms with Crippen molar-refractivity contribution in [2.75, 3.05) is 23.5 Å². The second-order valence-electron chi connectivity index (χ2n) is 5.16. The van der Waals surface area contributed by atoms with Gasteiger partial charge < -0.3 is 4.90 Å². The number of hydrogen-bond donors (Lipinski definition) is 0. The fourth-order valence-electron chi connectivity index (χ4n) is 2.69. The first-order valence-electron chi connectivity index (χ1n) is 6.85. The van der Waals surface area contributed by atoms with Crippen molar-refractivity contribution in [2.45, 2.75) is 29.5 Å². The number of halogens is 2. The third-order valence-electron chi connectivity index (χ3n) is 3.75. The first-order valence-corrected chi connectivity index (χ1v) is 9.79. The summed E-state index contributed by atoms with van der Waals surface area (Å²) in [5, 5.41) is 11.3. The van der Waals surface area contributed by atoms with Crippen molar-refractivity contribution in [1.29, 1.82) is 0 Å². The molecule has 23 heavy (non-hydrogen) atoms. The molecule has 128 valence electrons. The summed E-state index contributed by atoms with van der Waals surface area (Å²) in [6.45, 7) is 0.618. The van der Waals surface area contributed by atoms with Crippen molar-refractivity contribution in [2.24, 2.45) is 0 Å².